The Labute approximate surface area is 74.3 Å². The Morgan fingerprint density at radius 3 is 2.82 bits per heavy atom. The molecule has 0 aromatic carbocycles. The lowest BCUT2D eigenvalue weighted by atomic mass is 10.0. The zero-order valence-electron chi connectivity index (χ0n) is 7.38. The van der Waals surface area contributed by atoms with Crippen molar-refractivity contribution in [3.8, 4) is 0 Å². The van der Waals surface area contributed by atoms with E-state index in [0.29, 0.717) is 0 Å². The van der Waals surface area contributed by atoms with Crippen molar-refractivity contribution in [2.75, 3.05) is 5.75 Å². The largest absolute Gasteiger partial charge is 0.278 e. The fraction of sp³-hybridized carbons (Fsp3) is 1.00. The van der Waals surface area contributed by atoms with Gasteiger partial charge >= 0.3 is 0 Å². The van der Waals surface area contributed by atoms with Crippen molar-refractivity contribution in [2.45, 2.75) is 39.0 Å². The van der Waals surface area contributed by atoms with Crippen LogP contribution in [0.25, 0.3) is 0 Å². The summed E-state index contributed by atoms with van der Waals surface area (Å²) in [6.45, 7) is 2.37. The van der Waals surface area contributed by atoms with E-state index in [-0.39, 0.29) is 0 Å². The molecule has 0 spiro atoms. The Hall–Kier alpha value is 0.310. The summed E-state index contributed by atoms with van der Waals surface area (Å²) < 4.78 is 0. The van der Waals surface area contributed by atoms with E-state index in [2.05, 4.69) is 6.92 Å². The van der Waals surface area contributed by atoms with Crippen LogP contribution in [0.4, 0.5) is 0 Å². The maximum Gasteiger partial charge on any atom is 0.0105 e. The second kappa shape index (κ2) is 5.04. The minimum absolute atomic E-state index is 0.912. The molecular weight excluding hydrogens is 154 g/mol. The molecule has 1 fully saturated rings. The Bertz CT molecular complexity index is 106. The van der Waals surface area contributed by atoms with E-state index in [1.807, 2.05) is 0 Å². The maximum absolute atomic E-state index is 5.46. The summed E-state index contributed by atoms with van der Waals surface area (Å²) in [5.74, 6) is 3.05. The summed E-state index contributed by atoms with van der Waals surface area (Å²) >= 11 is 1.52. The first-order valence-electron chi connectivity index (χ1n) is 4.64. The predicted molar refractivity (Wildman–Crippen MR) is 52.4 cm³/mol. The second-order valence-corrected chi connectivity index (χ2v) is 4.48. The third-order valence-corrected chi connectivity index (χ3v) is 3.37. The first-order chi connectivity index (χ1) is 5.33. The molecule has 1 aliphatic carbocycles. The zero-order valence-corrected chi connectivity index (χ0v) is 8.20. The first-order valence-corrected chi connectivity index (χ1v) is 5.69. The highest BCUT2D eigenvalue weighted by Gasteiger charge is 2.15. The van der Waals surface area contributed by atoms with Gasteiger partial charge in [0.25, 0.3) is 0 Å². The van der Waals surface area contributed by atoms with Crippen LogP contribution in [-0.2, 0) is 0 Å². The third kappa shape index (κ3) is 3.48. The number of rotatable bonds is 2. The molecule has 0 heterocycles. The summed E-state index contributed by atoms with van der Waals surface area (Å²) in [4.78, 5) is 0. The summed E-state index contributed by atoms with van der Waals surface area (Å²) in [5.41, 5.74) is 0. The van der Waals surface area contributed by atoms with E-state index in [1.54, 1.807) is 0 Å². The molecule has 11 heavy (non-hydrogen) atoms. The molecule has 0 amide bonds. The van der Waals surface area contributed by atoms with Gasteiger partial charge in [-0.25, -0.2) is 0 Å². The minimum Gasteiger partial charge on any atom is -0.278 e. The first kappa shape index (κ1) is 9.40. The van der Waals surface area contributed by atoms with E-state index < -0.39 is 0 Å². The Balaban J connectivity index is 2.22. The molecule has 0 aromatic heterocycles. The van der Waals surface area contributed by atoms with E-state index in [0.717, 1.165) is 11.8 Å². The summed E-state index contributed by atoms with van der Waals surface area (Å²) in [6.07, 6.45) is 7.10. The summed E-state index contributed by atoms with van der Waals surface area (Å²) in [7, 11) is 0. The molecule has 0 unspecified atom stereocenters. The van der Waals surface area contributed by atoms with Crippen LogP contribution < -0.4 is 5.14 Å². The van der Waals surface area contributed by atoms with Crippen molar-refractivity contribution >= 4 is 11.9 Å². The average Bonchev–Trinajstić information content (AvgIpc) is 2.17. The zero-order chi connectivity index (χ0) is 8.10. The molecule has 2 N–H and O–H groups in total. The van der Waals surface area contributed by atoms with Crippen LogP contribution in [-0.4, -0.2) is 5.75 Å². The summed E-state index contributed by atoms with van der Waals surface area (Å²) in [5, 5.41) is 5.46. The van der Waals surface area contributed by atoms with Crippen LogP contribution >= 0.6 is 11.9 Å². The van der Waals surface area contributed by atoms with Gasteiger partial charge in [-0.1, -0.05) is 38.1 Å². The normalized spacial score (nSPS) is 33.3. The smallest absolute Gasteiger partial charge is 0.0105 e. The molecule has 1 saturated carbocycles. The highest BCUT2D eigenvalue weighted by Crippen LogP contribution is 2.27. The highest BCUT2D eigenvalue weighted by atomic mass is 32.2. The SMILES string of the molecule is C[C@H]1CCC[C@@H](CSN)CC1. The lowest BCUT2D eigenvalue weighted by Gasteiger charge is -2.10. The van der Waals surface area contributed by atoms with Crippen LogP contribution in [0.3, 0.4) is 0 Å². The van der Waals surface area contributed by atoms with Crippen LogP contribution in [0, 0.1) is 11.8 Å². The van der Waals surface area contributed by atoms with E-state index in [1.165, 1.54) is 49.8 Å². The minimum atomic E-state index is 0.912. The van der Waals surface area contributed by atoms with Gasteiger partial charge in [-0.05, 0) is 24.7 Å². The highest BCUT2D eigenvalue weighted by molar-refractivity contribution is 7.97. The Kier molecular flexibility index (Phi) is 4.31. The molecule has 0 aliphatic heterocycles. The lowest BCUT2D eigenvalue weighted by molar-refractivity contribution is 0.480. The molecular formula is C9H19NS. The maximum atomic E-state index is 5.46. The molecule has 0 radical (unpaired) electrons. The van der Waals surface area contributed by atoms with Gasteiger partial charge in [0.1, 0.15) is 0 Å². The molecule has 0 saturated heterocycles. The van der Waals surface area contributed by atoms with Gasteiger partial charge in [0, 0.05) is 5.75 Å². The van der Waals surface area contributed by atoms with Crippen LogP contribution in [0.1, 0.15) is 39.0 Å². The molecule has 2 heteroatoms. The van der Waals surface area contributed by atoms with E-state index >= 15 is 0 Å². The van der Waals surface area contributed by atoms with Crippen LogP contribution in [0.5, 0.6) is 0 Å². The fourth-order valence-electron chi connectivity index (χ4n) is 1.87. The average molecular weight is 173 g/mol. The molecule has 66 valence electrons. The fourth-order valence-corrected chi connectivity index (χ4v) is 2.47. The van der Waals surface area contributed by atoms with Gasteiger partial charge in [0.05, 0.1) is 0 Å². The second-order valence-electron chi connectivity index (χ2n) is 3.81. The van der Waals surface area contributed by atoms with Gasteiger partial charge < -0.3 is 0 Å². The monoisotopic (exact) mass is 173 g/mol. The number of hydrogen-bond acceptors (Lipinski definition) is 2. The van der Waals surface area contributed by atoms with Gasteiger partial charge in [-0.3, -0.25) is 5.14 Å². The van der Waals surface area contributed by atoms with Crippen LogP contribution in [0.2, 0.25) is 0 Å². The lowest BCUT2D eigenvalue weighted by Crippen LogP contribution is -2.04. The molecule has 1 nitrogen and oxygen atoms in total. The van der Waals surface area contributed by atoms with Gasteiger partial charge in [0.15, 0.2) is 0 Å². The molecule has 2 atom stereocenters. The van der Waals surface area contributed by atoms with Crippen molar-refractivity contribution in [3.63, 3.8) is 0 Å². The van der Waals surface area contributed by atoms with Gasteiger partial charge in [-0.2, -0.15) is 0 Å². The predicted octanol–water partition coefficient (Wildman–Crippen LogP) is 2.81. The topological polar surface area (TPSA) is 26.0 Å². The standard InChI is InChI=1S/C9H19NS/c1-8-3-2-4-9(6-5-8)7-11-10/h8-9H,2-7,10H2,1H3/t8-,9+/m0/s1. The van der Waals surface area contributed by atoms with Crippen molar-refractivity contribution < 1.29 is 0 Å². The van der Waals surface area contributed by atoms with E-state index in [4.69, 9.17) is 5.14 Å². The van der Waals surface area contributed by atoms with E-state index in [9.17, 15) is 0 Å². The summed E-state index contributed by atoms with van der Waals surface area (Å²) in [6, 6.07) is 0. The van der Waals surface area contributed by atoms with Gasteiger partial charge in [-0.15, -0.1) is 0 Å². The Morgan fingerprint density at radius 2 is 2.09 bits per heavy atom. The van der Waals surface area contributed by atoms with Gasteiger partial charge in [0.2, 0.25) is 0 Å². The van der Waals surface area contributed by atoms with Crippen molar-refractivity contribution in [1.29, 1.82) is 0 Å². The van der Waals surface area contributed by atoms with Crippen LogP contribution in [0.15, 0.2) is 0 Å². The Morgan fingerprint density at radius 1 is 1.27 bits per heavy atom. The quantitative estimate of drug-likeness (QED) is 0.513. The van der Waals surface area contributed by atoms with Crippen molar-refractivity contribution in [3.05, 3.63) is 0 Å². The molecule has 1 aliphatic rings. The number of hydrogen-bond donors (Lipinski definition) is 1. The molecule has 0 bridgehead atoms. The van der Waals surface area contributed by atoms with Crippen molar-refractivity contribution in [1.82, 2.24) is 0 Å². The third-order valence-electron chi connectivity index (χ3n) is 2.71. The molecule has 1 rings (SSSR count). The number of nitrogens with two attached hydrogens (primary N) is 1. The van der Waals surface area contributed by atoms with Crippen molar-refractivity contribution in [2.24, 2.45) is 17.0 Å². The molecule has 0 aromatic rings.